The van der Waals surface area contributed by atoms with Crippen LogP contribution in [0.1, 0.15) is 25.3 Å². The van der Waals surface area contributed by atoms with Crippen LogP contribution in [-0.4, -0.2) is 5.51 Å². The molecule has 84 valence electrons. The molecular formula is C11H13F3S. The zero-order valence-corrected chi connectivity index (χ0v) is 9.29. The van der Waals surface area contributed by atoms with Gasteiger partial charge in [-0.1, -0.05) is 25.5 Å². The van der Waals surface area contributed by atoms with Crippen molar-refractivity contribution in [2.45, 2.75) is 36.6 Å². The first-order valence-corrected chi connectivity index (χ1v) is 5.67. The van der Waals surface area contributed by atoms with Crippen molar-refractivity contribution in [3.63, 3.8) is 0 Å². The number of hydrogen-bond donors (Lipinski definition) is 0. The minimum atomic E-state index is -4.19. The first-order valence-electron chi connectivity index (χ1n) is 4.86. The predicted molar refractivity (Wildman–Crippen MR) is 57.0 cm³/mol. The fraction of sp³-hybridized carbons (Fsp3) is 0.455. The van der Waals surface area contributed by atoms with Crippen LogP contribution >= 0.6 is 11.8 Å². The highest BCUT2D eigenvalue weighted by Crippen LogP contribution is 2.36. The molecule has 0 radical (unpaired) electrons. The van der Waals surface area contributed by atoms with E-state index in [1.807, 2.05) is 0 Å². The summed E-state index contributed by atoms with van der Waals surface area (Å²) in [5.41, 5.74) is -3.09. The molecule has 0 bridgehead atoms. The highest BCUT2D eigenvalue weighted by Gasteiger charge is 2.28. The van der Waals surface area contributed by atoms with Gasteiger partial charge in [0.25, 0.3) is 0 Å². The molecule has 0 fully saturated rings. The molecule has 4 heteroatoms. The molecule has 0 unspecified atom stereocenters. The van der Waals surface area contributed by atoms with Gasteiger partial charge >= 0.3 is 5.51 Å². The lowest BCUT2D eigenvalue weighted by Gasteiger charge is -2.06. The number of aryl methyl sites for hydroxylation is 1. The zero-order chi connectivity index (χ0) is 11.3. The molecule has 0 aliphatic rings. The Morgan fingerprint density at radius 3 is 2.20 bits per heavy atom. The maximum Gasteiger partial charge on any atom is 0.446 e. The third-order valence-electron chi connectivity index (χ3n) is 1.98. The normalized spacial score (nSPS) is 11.7. The van der Waals surface area contributed by atoms with Gasteiger partial charge < -0.3 is 0 Å². The van der Waals surface area contributed by atoms with E-state index < -0.39 is 5.51 Å². The summed E-state index contributed by atoms with van der Waals surface area (Å²) in [6, 6.07) is 6.60. The molecule has 0 aromatic heterocycles. The van der Waals surface area contributed by atoms with Crippen LogP contribution < -0.4 is 0 Å². The fourth-order valence-electron chi connectivity index (χ4n) is 1.24. The van der Waals surface area contributed by atoms with Crippen LogP contribution in [-0.2, 0) is 6.42 Å². The maximum absolute atomic E-state index is 12.0. The minimum absolute atomic E-state index is 0.0667. The molecule has 0 saturated heterocycles. The van der Waals surface area contributed by atoms with Crippen LogP contribution in [0.25, 0.3) is 0 Å². The lowest BCUT2D eigenvalue weighted by molar-refractivity contribution is -0.0328. The molecule has 0 saturated carbocycles. The maximum atomic E-state index is 12.0. The van der Waals surface area contributed by atoms with Gasteiger partial charge in [0.15, 0.2) is 0 Å². The molecule has 0 aliphatic carbocycles. The van der Waals surface area contributed by atoms with Crippen LogP contribution in [0.4, 0.5) is 13.2 Å². The summed E-state index contributed by atoms with van der Waals surface area (Å²) >= 11 is -0.0667. The first kappa shape index (κ1) is 12.4. The Balaban J connectivity index is 2.56. The van der Waals surface area contributed by atoms with E-state index in [0.29, 0.717) is 0 Å². The van der Waals surface area contributed by atoms with Crippen molar-refractivity contribution in [1.29, 1.82) is 0 Å². The largest absolute Gasteiger partial charge is 0.446 e. The average Bonchev–Trinajstić information content (AvgIpc) is 2.14. The number of halogens is 3. The van der Waals surface area contributed by atoms with Gasteiger partial charge in [-0.2, -0.15) is 13.2 Å². The molecule has 0 spiro atoms. The Morgan fingerprint density at radius 1 is 1.13 bits per heavy atom. The van der Waals surface area contributed by atoms with E-state index in [0.717, 1.165) is 24.8 Å². The Morgan fingerprint density at radius 2 is 1.73 bits per heavy atom. The zero-order valence-electron chi connectivity index (χ0n) is 8.47. The second-order valence-corrected chi connectivity index (χ2v) is 4.43. The molecule has 1 rings (SSSR count). The van der Waals surface area contributed by atoms with E-state index in [1.165, 1.54) is 12.1 Å². The van der Waals surface area contributed by atoms with E-state index in [2.05, 4.69) is 6.92 Å². The number of thioether (sulfide) groups is 1. The number of hydrogen-bond acceptors (Lipinski definition) is 1. The number of rotatable bonds is 4. The second-order valence-electron chi connectivity index (χ2n) is 3.30. The van der Waals surface area contributed by atoms with E-state index in [9.17, 15) is 13.2 Å². The van der Waals surface area contributed by atoms with Gasteiger partial charge in [-0.15, -0.1) is 0 Å². The number of alkyl halides is 3. The first-order chi connectivity index (χ1) is 7.01. The van der Waals surface area contributed by atoms with Gasteiger partial charge in [-0.05, 0) is 42.3 Å². The highest BCUT2D eigenvalue weighted by molar-refractivity contribution is 8.00. The van der Waals surface area contributed by atoms with Crippen molar-refractivity contribution in [2.24, 2.45) is 0 Å². The summed E-state index contributed by atoms with van der Waals surface area (Å²) < 4.78 is 36.0. The summed E-state index contributed by atoms with van der Waals surface area (Å²) in [5, 5.41) is 0. The van der Waals surface area contributed by atoms with Crippen molar-refractivity contribution in [2.75, 3.05) is 0 Å². The van der Waals surface area contributed by atoms with Crippen LogP contribution in [0.3, 0.4) is 0 Å². The van der Waals surface area contributed by atoms with Crippen LogP contribution in [0.15, 0.2) is 29.2 Å². The Kier molecular flexibility index (Phi) is 4.51. The van der Waals surface area contributed by atoms with E-state index in [-0.39, 0.29) is 16.7 Å². The summed E-state index contributed by atoms with van der Waals surface area (Å²) in [6.45, 7) is 2.09. The molecule has 15 heavy (non-hydrogen) atoms. The fourth-order valence-corrected chi connectivity index (χ4v) is 1.78. The van der Waals surface area contributed by atoms with Gasteiger partial charge in [0, 0.05) is 4.90 Å². The van der Waals surface area contributed by atoms with Crippen molar-refractivity contribution in [3.05, 3.63) is 29.8 Å². The lowest BCUT2D eigenvalue weighted by Crippen LogP contribution is -1.98. The highest BCUT2D eigenvalue weighted by atomic mass is 32.2. The number of unbranched alkanes of at least 4 members (excludes halogenated alkanes) is 1. The number of benzene rings is 1. The Bertz CT molecular complexity index is 290. The Hall–Kier alpha value is -0.640. The van der Waals surface area contributed by atoms with Crippen LogP contribution in [0, 0.1) is 0 Å². The molecule has 0 amide bonds. The monoisotopic (exact) mass is 234 g/mol. The Labute approximate surface area is 91.9 Å². The second kappa shape index (κ2) is 5.45. The van der Waals surface area contributed by atoms with Gasteiger partial charge in [0.05, 0.1) is 0 Å². The standard InChI is InChI=1S/C11H13F3S/c1-2-3-4-9-5-7-10(8-6-9)15-11(12,13)14/h5-8H,2-4H2,1H3. The summed E-state index contributed by atoms with van der Waals surface area (Å²) in [6.07, 6.45) is 3.11. The molecule has 0 nitrogen and oxygen atoms in total. The van der Waals surface area contributed by atoms with Crippen molar-refractivity contribution >= 4 is 11.8 Å². The van der Waals surface area contributed by atoms with E-state index in [1.54, 1.807) is 12.1 Å². The smallest absolute Gasteiger partial charge is 0.160 e. The summed E-state index contributed by atoms with van der Waals surface area (Å²) in [7, 11) is 0. The minimum Gasteiger partial charge on any atom is -0.160 e. The molecular weight excluding hydrogens is 221 g/mol. The topological polar surface area (TPSA) is 0 Å². The molecule has 0 aliphatic heterocycles. The van der Waals surface area contributed by atoms with Gasteiger partial charge in [0.2, 0.25) is 0 Å². The van der Waals surface area contributed by atoms with Gasteiger partial charge in [-0.3, -0.25) is 0 Å². The van der Waals surface area contributed by atoms with E-state index >= 15 is 0 Å². The quantitative estimate of drug-likeness (QED) is 0.684. The third-order valence-corrected chi connectivity index (χ3v) is 2.72. The average molecular weight is 234 g/mol. The molecule has 0 N–H and O–H groups in total. The van der Waals surface area contributed by atoms with Crippen molar-refractivity contribution in [3.8, 4) is 0 Å². The SMILES string of the molecule is CCCCc1ccc(SC(F)(F)F)cc1. The molecule has 1 aromatic carbocycles. The molecule has 0 atom stereocenters. The summed E-state index contributed by atoms with van der Waals surface area (Å²) in [5.74, 6) is 0. The van der Waals surface area contributed by atoms with Crippen molar-refractivity contribution in [1.82, 2.24) is 0 Å². The molecule has 1 aromatic rings. The van der Waals surface area contributed by atoms with Crippen LogP contribution in [0.5, 0.6) is 0 Å². The third kappa shape index (κ3) is 5.11. The summed E-state index contributed by atoms with van der Waals surface area (Å²) in [4.78, 5) is 0.253. The lowest BCUT2D eigenvalue weighted by atomic mass is 10.1. The van der Waals surface area contributed by atoms with Gasteiger partial charge in [-0.25, -0.2) is 0 Å². The van der Waals surface area contributed by atoms with E-state index in [4.69, 9.17) is 0 Å². The van der Waals surface area contributed by atoms with Crippen LogP contribution in [0.2, 0.25) is 0 Å². The predicted octanol–water partition coefficient (Wildman–Crippen LogP) is 4.64. The van der Waals surface area contributed by atoms with Crippen molar-refractivity contribution < 1.29 is 13.2 Å². The molecule has 0 heterocycles. The van der Waals surface area contributed by atoms with Gasteiger partial charge in [0.1, 0.15) is 0 Å².